The predicted octanol–water partition coefficient (Wildman–Crippen LogP) is -1.53. The van der Waals surface area contributed by atoms with Crippen LogP contribution in [0.3, 0.4) is 0 Å². The third kappa shape index (κ3) is 43800. The van der Waals surface area contributed by atoms with Crippen molar-refractivity contribution in [2.24, 2.45) is 0 Å². The van der Waals surface area contributed by atoms with Gasteiger partial charge in [0.15, 0.2) is 0 Å². The summed E-state index contributed by atoms with van der Waals surface area (Å²) in [4.78, 5) is 8.00. The van der Waals surface area contributed by atoms with E-state index in [0.717, 1.165) is 0 Å². The zero-order valence-corrected chi connectivity index (χ0v) is 5.22. The smallest absolute Gasteiger partial charge is 0.759 e. The molecule has 0 N–H and O–H groups in total. The monoisotopic (exact) mass is 189 g/mol. The van der Waals surface area contributed by atoms with Gasteiger partial charge < -0.3 is 13.9 Å². The van der Waals surface area contributed by atoms with Crippen molar-refractivity contribution < 1.29 is 39.4 Å². The zero-order valence-electron chi connectivity index (χ0n) is 3.46. The van der Waals surface area contributed by atoms with Crippen molar-refractivity contribution in [3.8, 4) is 0 Å². The summed E-state index contributed by atoms with van der Waals surface area (Å²) in [5.41, 5.74) is 0. The molecule has 0 aromatic heterocycles. The average Bonchev–Trinajstić information content (AvgIpc) is 1.36. The molecule has 0 atom stereocenters. The minimum absolute atomic E-state index is 0. The summed E-state index contributed by atoms with van der Waals surface area (Å²) in [5.74, 6) is 0. The fourth-order valence-corrected chi connectivity index (χ4v) is 0. The summed E-state index contributed by atoms with van der Waals surface area (Å²) < 4.78 is 34.1. The van der Waals surface area contributed by atoms with Gasteiger partial charge in [-0.05, 0) is 0 Å². The summed E-state index contributed by atoms with van der Waals surface area (Å²) in [7, 11) is -5.17. The number of carbonyl (C=O) groups is 1. The van der Waals surface area contributed by atoms with Crippen LogP contribution in [0.5, 0.6) is 0 Å². The van der Waals surface area contributed by atoms with Gasteiger partial charge in [0.2, 0.25) is 0 Å². The van der Waals surface area contributed by atoms with Crippen molar-refractivity contribution in [3.05, 3.63) is 0 Å². The van der Waals surface area contributed by atoms with Gasteiger partial charge in [0.25, 0.3) is 0 Å². The SMILES string of the molecule is C=O.O=S(=O)([O-])[O-].[Cu+2]. The molecule has 0 amide bonds. The Morgan fingerprint density at radius 1 is 1.12 bits per heavy atom. The van der Waals surface area contributed by atoms with Crippen molar-refractivity contribution in [1.29, 1.82) is 0 Å². The molecule has 5 nitrogen and oxygen atoms in total. The van der Waals surface area contributed by atoms with Crippen molar-refractivity contribution >= 4 is 17.2 Å². The second-order valence-electron chi connectivity index (χ2n) is 0.408. The first-order chi connectivity index (χ1) is 3.00. The third-order valence-electron chi connectivity index (χ3n) is 0. The van der Waals surface area contributed by atoms with Crippen LogP contribution in [0.2, 0.25) is 0 Å². The standard InChI is InChI=1S/CH2O.Cu.H2O4S/c1-2;;1-5(2,3)4/h1H2;;(H2,1,2,3,4)/q;+2;/p-2. The molecule has 0 aliphatic rings. The Hall–Kier alpha value is 0.0595. The second kappa shape index (κ2) is 7.06. The van der Waals surface area contributed by atoms with Crippen molar-refractivity contribution in [2.45, 2.75) is 0 Å². The van der Waals surface area contributed by atoms with Crippen LogP contribution in [0.25, 0.3) is 0 Å². The molecule has 0 spiro atoms. The van der Waals surface area contributed by atoms with E-state index in [-0.39, 0.29) is 17.1 Å². The molecule has 8 heavy (non-hydrogen) atoms. The van der Waals surface area contributed by atoms with Gasteiger partial charge in [-0.25, -0.2) is 0 Å². The van der Waals surface area contributed by atoms with Gasteiger partial charge in [-0.2, -0.15) is 0 Å². The van der Waals surface area contributed by atoms with Crippen molar-refractivity contribution in [3.63, 3.8) is 0 Å². The Labute approximate surface area is 57.1 Å². The Kier molecular flexibility index (Phi) is 13.8. The van der Waals surface area contributed by atoms with Gasteiger partial charge in [-0.15, -0.1) is 0 Å². The molecule has 0 heterocycles. The van der Waals surface area contributed by atoms with E-state index in [4.69, 9.17) is 22.3 Å². The molecule has 0 aromatic rings. The Bertz CT molecular complexity index is 106. The van der Waals surface area contributed by atoms with Crippen LogP contribution < -0.4 is 0 Å². The molecule has 0 fully saturated rings. The molecule has 1 radical (unpaired) electrons. The van der Waals surface area contributed by atoms with Gasteiger partial charge in [0.05, 0.1) is 0 Å². The number of hydrogen-bond acceptors (Lipinski definition) is 5. The Morgan fingerprint density at radius 2 is 1.12 bits per heavy atom. The van der Waals surface area contributed by atoms with Crippen LogP contribution in [-0.4, -0.2) is 24.3 Å². The summed E-state index contributed by atoms with van der Waals surface area (Å²) in [6.45, 7) is 2.00. The Balaban J connectivity index is -0.0000000750. The number of carbonyl (C=O) groups excluding carboxylic acids is 1. The van der Waals surface area contributed by atoms with E-state index >= 15 is 0 Å². The first-order valence-electron chi connectivity index (χ1n) is 0.955. The summed E-state index contributed by atoms with van der Waals surface area (Å²) in [6.07, 6.45) is 0. The second-order valence-corrected chi connectivity index (χ2v) is 1.22. The van der Waals surface area contributed by atoms with Gasteiger partial charge in [0, 0.05) is 10.4 Å². The first-order valence-corrected chi connectivity index (χ1v) is 2.29. The molecule has 0 saturated heterocycles. The minimum Gasteiger partial charge on any atom is -0.759 e. The molecular weight excluding hydrogens is 188 g/mol. The van der Waals surface area contributed by atoms with E-state index in [1.54, 1.807) is 0 Å². The summed E-state index contributed by atoms with van der Waals surface area (Å²) in [6, 6.07) is 0. The predicted molar refractivity (Wildman–Crippen MR) is 17.6 cm³/mol. The quantitative estimate of drug-likeness (QED) is 0.262. The normalized spacial score (nSPS) is 7.75. The maximum absolute atomic E-state index is 8.52. The Morgan fingerprint density at radius 3 is 1.12 bits per heavy atom. The van der Waals surface area contributed by atoms with Gasteiger partial charge in [-0.1, -0.05) is 0 Å². The topological polar surface area (TPSA) is 97.3 Å². The van der Waals surface area contributed by atoms with Crippen molar-refractivity contribution in [2.75, 3.05) is 0 Å². The van der Waals surface area contributed by atoms with E-state index in [9.17, 15) is 0 Å². The van der Waals surface area contributed by atoms with Crippen LogP contribution in [0.1, 0.15) is 0 Å². The third-order valence-corrected chi connectivity index (χ3v) is 0. The van der Waals surface area contributed by atoms with E-state index in [2.05, 4.69) is 0 Å². The maximum atomic E-state index is 8.52. The molecule has 0 aliphatic heterocycles. The first kappa shape index (κ1) is 15.7. The van der Waals surface area contributed by atoms with E-state index < -0.39 is 10.4 Å². The van der Waals surface area contributed by atoms with Gasteiger partial charge in [0.1, 0.15) is 6.79 Å². The average molecular weight is 190 g/mol. The van der Waals surface area contributed by atoms with E-state index in [1.807, 2.05) is 6.79 Å². The zero-order chi connectivity index (χ0) is 6.50. The fraction of sp³-hybridized carbons (Fsp3) is 0. The van der Waals surface area contributed by atoms with Crippen LogP contribution in [0, 0.1) is 0 Å². The summed E-state index contributed by atoms with van der Waals surface area (Å²) in [5, 5.41) is 0. The molecule has 0 unspecified atom stereocenters. The molecule has 7 heteroatoms. The van der Waals surface area contributed by atoms with Crippen LogP contribution >= 0.6 is 0 Å². The van der Waals surface area contributed by atoms with E-state index in [1.165, 1.54) is 0 Å². The van der Waals surface area contributed by atoms with Crippen LogP contribution in [-0.2, 0) is 32.3 Å². The number of hydrogen-bond donors (Lipinski definition) is 0. The molecule has 0 aromatic carbocycles. The maximum Gasteiger partial charge on any atom is 2.00 e. The van der Waals surface area contributed by atoms with Gasteiger partial charge >= 0.3 is 17.1 Å². The molecule has 53 valence electrons. The number of rotatable bonds is 0. The fourth-order valence-electron chi connectivity index (χ4n) is 0. The molecule has 0 rings (SSSR count). The van der Waals surface area contributed by atoms with Crippen LogP contribution in [0.4, 0.5) is 0 Å². The van der Waals surface area contributed by atoms with Gasteiger partial charge in [-0.3, -0.25) is 8.42 Å². The molecule has 0 saturated carbocycles. The summed E-state index contributed by atoms with van der Waals surface area (Å²) >= 11 is 0. The van der Waals surface area contributed by atoms with Crippen LogP contribution in [0.15, 0.2) is 0 Å². The largest absolute Gasteiger partial charge is 2.00 e. The molecular formula is CH2CuO5S. The van der Waals surface area contributed by atoms with E-state index in [0.29, 0.717) is 0 Å². The minimum atomic E-state index is -5.17. The van der Waals surface area contributed by atoms with Crippen molar-refractivity contribution in [1.82, 2.24) is 0 Å². The molecule has 0 aliphatic carbocycles. The molecule has 0 bridgehead atoms.